The maximum atomic E-state index is 13.6. The zero-order valence-corrected chi connectivity index (χ0v) is 13.5. The molecular weight excluding hydrogens is 380 g/mol. The summed E-state index contributed by atoms with van der Waals surface area (Å²) in [5.74, 6) is -0.799. The Balaban J connectivity index is 2.16. The first kappa shape index (κ1) is 14.6. The SMILES string of the molecule is O=C(c1ccc(Br)c(F)c1)c1c[nH]c2cc(Cl)cc(Cl)c12. The molecule has 3 aromatic rings. The summed E-state index contributed by atoms with van der Waals surface area (Å²) in [4.78, 5) is 15.5. The first-order valence-corrected chi connectivity index (χ1v) is 7.48. The van der Waals surface area contributed by atoms with Crippen LogP contribution >= 0.6 is 39.1 Å². The molecule has 0 radical (unpaired) electrons. The number of H-pyrrole nitrogens is 1. The predicted molar refractivity (Wildman–Crippen MR) is 85.9 cm³/mol. The summed E-state index contributed by atoms with van der Waals surface area (Å²) < 4.78 is 13.9. The third kappa shape index (κ3) is 2.59. The molecule has 2 aromatic carbocycles. The summed E-state index contributed by atoms with van der Waals surface area (Å²) in [7, 11) is 0. The molecule has 0 saturated carbocycles. The average Bonchev–Trinajstić information content (AvgIpc) is 2.85. The van der Waals surface area contributed by atoms with Crippen LogP contribution in [0.2, 0.25) is 10.0 Å². The van der Waals surface area contributed by atoms with Gasteiger partial charge in [-0.15, -0.1) is 0 Å². The second kappa shape index (κ2) is 5.44. The first-order chi connectivity index (χ1) is 9.97. The lowest BCUT2D eigenvalue weighted by Crippen LogP contribution is -2.01. The normalized spacial score (nSPS) is 11.0. The highest BCUT2D eigenvalue weighted by Gasteiger charge is 2.18. The number of carbonyl (C=O) groups excluding carboxylic acids is 1. The van der Waals surface area contributed by atoms with Crippen LogP contribution in [0.15, 0.2) is 41.0 Å². The highest BCUT2D eigenvalue weighted by atomic mass is 79.9. The quantitative estimate of drug-likeness (QED) is 0.570. The molecule has 0 bridgehead atoms. The molecule has 0 fully saturated rings. The molecule has 0 atom stereocenters. The van der Waals surface area contributed by atoms with Crippen LogP contribution in [0.4, 0.5) is 4.39 Å². The molecule has 2 nitrogen and oxygen atoms in total. The number of hydrogen-bond donors (Lipinski definition) is 1. The number of carbonyl (C=O) groups is 1. The van der Waals surface area contributed by atoms with Gasteiger partial charge in [0.2, 0.25) is 0 Å². The molecule has 3 rings (SSSR count). The van der Waals surface area contributed by atoms with Crippen molar-refractivity contribution < 1.29 is 9.18 Å². The molecule has 0 aliphatic carbocycles. The summed E-state index contributed by atoms with van der Waals surface area (Å²) in [5.41, 5.74) is 1.30. The highest BCUT2D eigenvalue weighted by molar-refractivity contribution is 9.10. The minimum atomic E-state index is -0.491. The van der Waals surface area contributed by atoms with Gasteiger partial charge >= 0.3 is 0 Å². The van der Waals surface area contributed by atoms with Crippen LogP contribution < -0.4 is 0 Å². The van der Waals surface area contributed by atoms with Gasteiger partial charge in [0.15, 0.2) is 5.78 Å². The van der Waals surface area contributed by atoms with Crippen molar-refractivity contribution in [2.75, 3.05) is 0 Å². The number of fused-ring (bicyclic) bond motifs is 1. The van der Waals surface area contributed by atoms with E-state index >= 15 is 0 Å². The lowest BCUT2D eigenvalue weighted by molar-refractivity contribution is 0.104. The van der Waals surface area contributed by atoms with Crippen LogP contribution in [-0.4, -0.2) is 10.8 Å². The number of rotatable bonds is 2. The smallest absolute Gasteiger partial charge is 0.195 e. The zero-order chi connectivity index (χ0) is 15.1. The highest BCUT2D eigenvalue weighted by Crippen LogP contribution is 2.31. The number of halogens is 4. The molecule has 1 N–H and O–H groups in total. The predicted octanol–water partition coefficient (Wildman–Crippen LogP) is 5.61. The van der Waals surface area contributed by atoms with Gasteiger partial charge in [0.05, 0.1) is 9.50 Å². The molecule has 0 unspecified atom stereocenters. The fourth-order valence-corrected chi connectivity index (χ4v) is 3.00. The van der Waals surface area contributed by atoms with Crippen LogP contribution in [-0.2, 0) is 0 Å². The standard InChI is InChI=1S/C15H7BrCl2FNO/c16-10-2-1-7(3-12(10)19)15(21)9-6-20-13-5-8(17)4-11(18)14(9)13/h1-6,20H. The van der Waals surface area contributed by atoms with Gasteiger partial charge in [-0.2, -0.15) is 0 Å². The molecule has 6 heteroatoms. The van der Waals surface area contributed by atoms with Crippen molar-refractivity contribution in [3.63, 3.8) is 0 Å². The maximum absolute atomic E-state index is 13.6. The van der Waals surface area contributed by atoms with Crippen molar-refractivity contribution in [3.8, 4) is 0 Å². The number of aromatic amines is 1. The second-order valence-corrected chi connectivity index (χ2v) is 6.17. The van der Waals surface area contributed by atoms with Crippen LogP contribution in [0, 0.1) is 5.82 Å². The lowest BCUT2D eigenvalue weighted by atomic mass is 10.0. The number of benzene rings is 2. The molecule has 0 aliphatic heterocycles. The molecule has 0 spiro atoms. The largest absolute Gasteiger partial charge is 0.360 e. The third-order valence-corrected chi connectivity index (χ3v) is 4.28. The van der Waals surface area contributed by atoms with E-state index < -0.39 is 5.82 Å². The monoisotopic (exact) mass is 385 g/mol. The van der Waals surface area contributed by atoms with Crippen LogP contribution in [0.5, 0.6) is 0 Å². The van der Waals surface area contributed by atoms with Gasteiger partial charge in [-0.25, -0.2) is 4.39 Å². The molecule has 0 amide bonds. The van der Waals surface area contributed by atoms with Gasteiger partial charge in [-0.1, -0.05) is 23.2 Å². The van der Waals surface area contributed by atoms with Crippen LogP contribution in [0.3, 0.4) is 0 Å². The van der Waals surface area contributed by atoms with Crippen LogP contribution in [0.1, 0.15) is 15.9 Å². The minimum absolute atomic E-state index is 0.252. The number of hydrogen-bond acceptors (Lipinski definition) is 1. The van der Waals surface area contributed by atoms with E-state index in [0.717, 1.165) is 0 Å². The number of ketones is 1. The lowest BCUT2D eigenvalue weighted by Gasteiger charge is -2.03. The molecule has 1 heterocycles. The number of aromatic nitrogens is 1. The van der Waals surface area contributed by atoms with E-state index in [2.05, 4.69) is 20.9 Å². The Morgan fingerprint density at radius 1 is 1.19 bits per heavy atom. The Morgan fingerprint density at radius 3 is 2.67 bits per heavy atom. The van der Waals surface area contributed by atoms with Gasteiger partial charge in [-0.05, 0) is 46.3 Å². The van der Waals surface area contributed by atoms with E-state index in [1.807, 2.05) is 0 Å². The summed E-state index contributed by atoms with van der Waals surface area (Å²) in [6.45, 7) is 0. The summed E-state index contributed by atoms with van der Waals surface area (Å²) in [6.07, 6.45) is 1.55. The molecule has 0 saturated heterocycles. The Kier molecular flexibility index (Phi) is 3.78. The van der Waals surface area contributed by atoms with Crippen molar-refractivity contribution in [1.29, 1.82) is 0 Å². The average molecular weight is 387 g/mol. The van der Waals surface area contributed by atoms with E-state index in [1.165, 1.54) is 12.1 Å². The Bertz CT molecular complexity index is 875. The molecule has 0 aliphatic rings. The van der Waals surface area contributed by atoms with Crippen molar-refractivity contribution in [2.24, 2.45) is 0 Å². The van der Waals surface area contributed by atoms with Gasteiger partial charge < -0.3 is 4.98 Å². The molecular formula is C15H7BrCl2FNO. The van der Waals surface area contributed by atoms with E-state index in [4.69, 9.17) is 23.2 Å². The van der Waals surface area contributed by atoms with Crippen molar-refractivity contribution in [2.45, 2.75) is 0 Å². The Labute approximate surface area is 138 Å². The minimum Gasteiger partial charge on any atom is -0.360 e. The third-order valence-electron chi connectivity index (χ3n) is 3.12. The van der Waals surface area contributed by atoms with Crippen molar-refractivity contribution in [1.82, 2.24) is 4.98 Å². The fourth-order valence-electron chi connectivity index (χ4n) is 2.16. The van der Waals surface area contributed by atoms with Crippen molar-refractivity contribution in [3.05, 3.63) is 68.0 Å². The Hall–Kier alpha value is -1.36. The van der Waals surface area contributed by atoms with E-state index in [1.54, 1.807) is 24.4 Å². The topological polar surface area (TPSA) is 32.9 Å². The van der Waals surface area contributed by atoms with E-state index in [9.17, 15) is 9.18 Å². The molecule has 21 heavy (non-hydrogen) atoms. The summed E-state index contributed by atoms with van der Waals surface area (Å²) in [5, 5.41) is 1.43. The van der Waals surface area contributed by atoms with Crippen LogP contribution in [0.25, 0.3) is 10.9 Å². The summed E-state index contributed by atoms with van der Waals surface area (Å²) >= 11 is 15.1. The molecule has 106 valence electrons. The fraction of sp³-hybridized carbons (Fsp3) is 0. The summed E-state index contributed by atoms with van der Waals surface area (Å²) in [6, 6.07) is 7.49. The van der Waals surface area contributed by atoms with Crippen molar-refractivity contribution >= 4 is 55.8 Å². The van der Waals surface area contributed by atoms with Gasteiger partial charge in [0.1, 0.15) is 5.82 Å². The van der Waals surface area contributed by atoms with E-state index in [0.29, 0.717) is 31.0 Å². The van der Waals surface area contributed by atoms with Gasteiger partial charge in [0.25, 0.3) is 0 Å². The van der Waals surface area contributed by atoms with E-state index in [-0.39, 0.29) is 11.3 Å². The van der Waals surface area contributed by atoms with Gasteiger partial charge in [-0.3, -0.25) is 4.79 Å². The maximum Gasteiger partial charge on any atom is 0.195 e. The molecule has 1 aromatic heterocycles. The zero-order valence-electron chi connectivity index (χ0n) is 10.4. The second-order valence-electron chi connectivity index (χ2n) is 4.47. The number of nitrogens with one attached hydrogen (secondary N) is 1. The first-order valence-electron chi connectivity index (χ1n) is 5.93. The Morgan fingerprint density at radius 2 is 1.95 bits per heavy atom. The van der Waals surface area contributed by atoms with Gasteiger partial charge in [0, 0.05) is 33.2 Å².